The van der Waals surface area contributed by atoms with Gasteiger partial charge in [0.05, 0.1) is 38.8 Å². The maximum atomic E-state index is 10.8. The van der Waals surface area contributed by atoms with Crippen molar-refractivity contribution in [3.63, 3.8) is 0 Å². The zero-order valence-electron chi connectivity index (χ0n) is 10.6. The number of sulfone groups is 1. The number of nitrogens with one attached hydrogen (secondary N) is 1. The highest BCUT2D eigenvalue weighted by Gasteiger charge is 1.99. The summed E-state index contributed by atoms with van der Waals surface area (Å²) in [5.41, 5.74) is 0. The Kier molecular flexibility index (Phi) is 10.8. The van der Waals surface area contributed by atoms with Crippen LogP contribution >= 0.6 is 0 Å². The fourth-order valence-corrected chi connectivity index (χ4v) is 1.51. The molecule has 0 atom stereocenters. The van der Waals surface area contributed by atoms with Crippen LogP contribution in [0.5, 0.6) is 0 Å². The van der Waals surface area contributed by atoms with Gasteiger partial charge in [-0.3, -0.25) is 0 Å². The summed E-state index contributed by atoms with van der Waals surface area (Å²) in [5.74, 6) is 0.160. The van der Waals surface area contributed by atoms with E-state index >= 15 is 0 Å². The Hall–Kier alpha value is -0.210. The molecule has 0 radical (unpaired) electrons. The Morgan fingerprint density at radius 2 is 1.53 bits per heavy atom. The highest BCUT2D eigenvalue weighted by Crippen LogP contribution is 1.81. The number of ether oxygens (including phenoxy) is 3. The van der Waals surface area contributed by atoms with E-state index in [0.717, 1.165) is 0 Å². The first-order valence-electron chi connectivity index (χ1n) is 5.59. The van der Waals surface area contributed by atoms with Crippen LogP contribution in [0.25, 0.3) is 0 Å². The summed E-state index contributed by atoms with van der Waals surface area (Å²) in [7, 11) is -1.24. The van der Waals surface area contributed by atoms with Crippen molar-refractivity contribution >= 4 is 9.84 Å². The second-order valence-electron chi connectivity index (χ2n) is 3.60. The summed E-state index contributed by atoms with van der Waals surface area (Å²) in [6.45, 7) is 3.92. The van der Waals surface area contributed by atoms with Crippen LogP contribution in [0.3, 0.4) is 0 Å². The van der Waals surface area contributed by atoms with Gasteiger partial charge >= 0.3 is 0 Å². The van der Waals surface area contributed by atoms with Gasteiger partial charge in [0, 0.05) is 26.5 Å². The van der Waals surface area contributed by atoms with E-state index in [1.165, 1.54) is 6.26 Å². The zero-order chi connectivity index (χ0) is 13.0. The molecule has 0 aliphatic heterocycles. The lowest BCUT2D eigenvalue weighted by atomic mass is 10.6. The fraction of sp³-hybridized carbons (Fsp3) is 1.00. The minimum atomic E-state index is -2.87. The molecule has 0 bridgehead atoms. The lowest BCUT2D eigenvalue weighted by molar-refractivity contribution is 0.0256. The van der Waals surface area contributed by atoms with Gasteiger partial charge < -0.3 is 19.5 Å². The lowest BCUT2D eigenvalue weighted by Crippen LogP contribution is -2.26. The van der Waals surface area contributed by atoms with E-state index in [1.807, 2.05) is 0 Å². The van der Waals surface area contributed by atoms with Gasteiger partial charge in [-0.05, 0) is 0 Å². The van der Waals surface area contributed by atoms with Crippen molar-refractivity contribution in [3.05, 3.63) is 0 Å². The van der Waals surface area contributed by atoms with Crippen molar-refractivity contribution in [2.75, 3.05) is 65.2 Å². The quantitative estimate of drug-likeness (QED) is 0.472. The van der Waals surface area contributed by atoms with Crippen LogP contribution in [0.4, 0.5) is 0 Å². The molecular formula is C10H23NO5S. The molecular weight excluding hydrogens is 246 g/mol. The number of hydrogen-bond donors (Lipinski definition) is 1. The van der Waals surface area contributed by atoms with Gasteiger partial charge in [0.25, 0.3) is 0 Å². The molecule has 104 valence electrons. The van der Waals surface area contributed by atoms with Gasteiger partial charge in [0.2, 0.25) is 0 Å². The molecule has 0 aliphatic rings. The Morgan fingerprint density at radius 1 is 0.941 bits per heavy atom. The molecule has 7 heteroatoms. The molecule has 0 aromatic carbocycles. The first-order valence-corrected chi connectivity index (χ1v) is 7.65. The van der Waals surface area contributed by atoms with Gasteiger partial charge in [-0.1, -0.05) is 0 Å². The average molecular weight is 269 g/mol. The summed E-state index contributed by atoms with van der Waals surface area (Å²) >= 11 is 0. The molecule has 0 aliphatic carbocycles. The van der Waals surface area contributed by atoms with E-state index in [2.05, 4.69) is 5.32 Å². The van der Waals surface area contributed by atoms with E-state index < -0.39 is 9.84 Å². The van der Waals surface area contributed by atoms with E-state index in [9.17, 15) is 8.42 Å². The van der Waals surface area contributed by atoms with Crippen LogP contribution in [0, 0.1) is 0 Å². The van der Waals surface area contributed by atoms with Crippen LogP contribution in [-0.2, 0) is 24.0 Å². The number of methoxy groups -OCH3 is 1. The third-order valence-corrected chi connectivity index (χ3v) is 2.82. The highest BCUT2D eigenvalue weighted by atomic mass is 32.2. The maximum absolute atomic E-state index is 10.8. The molecule has 0 fully saturated rings. The summed E-state index contributed by atoms with van der Waals surface area (Å²) in [6.07, 6.45) is 1.22. The van der Waals surface area contributed by atoms with Crippen molar-refractivity contribution in [1.29, 1.82) is 0 Å². The molecule has 0 unspecified atom stereocenters. The zero-order valence-corrected chi connectivity index (χ0v) is 11.4. The summed E-state index contributed by atoms with van der Waals surface area (Å²) in [5, 5.41) is 2.99. The fourth-order valence-electron chi connectivity index (χ4n) is 0.991. The minimum Gasteiger partial charge on any atom is -0.382 e. The number of rotatable bonds is 12. The second-order valence-corrected chi connectivity index (χ2v) is 5.86. The molecule has 0 amide bonds. The van der Waals surface area contributed by atoms with Gasteiger partial charge in [-0.25, -0.2) is 8.42 Å². The lowest BCUT2D eigenvalue weighted by Gasteiger charge is -2.06. The van der Waals surface area contributed by atoms with Gasteiger partial charge in [-0.15, -0.1) is 0 Å². The van der Waals surface area contributed by atoms with Crippen LogP contribution < -0.4 is 5.32 Å². The highest BCUT2D eigenvalue weighted by molar-refractivity contribution is 7.90. The summed E-state index contributed by atoms with van der Waals surface area (Å²) < 4.78 is 36.9. The molecule has 6 nitrogen and oxygen atoms in total. The molecule has 0 saturated carbocycles. The topological polar surface area (TPSA) is 73.9 Å². The monoisotopic (exact) mass is 269 g/mol. The molecule has 0 spiro atoms. The van der Waals surface area contributed by atoms with E-state index in [0.29, 0.717) is 46.1 Å². The van der Waals surface area contributed by atoms with Crippen molar-refractivity contribution in [1.82, 2.24) is 5.32 Å². The third-order valence-electron chi connectivity index (χ3n) is 1.88. The molecule has 17 heavy (non-hydrogen) atoms. The molecule has 0 aromatic heterocycles. The van der Waals surface area contributed by atoms with Crippen LogP contribution in [0.2, 0.25) is 0 Å². The maximum Gasteiger partial charge on any atom is 0.148 e. The molecule has 0 saturated heterocycles. The molecule has 0 aromatic rings. The van der Waals surface area contributed by atoms with Crippen molar-refractivity contribution in [2.45, 2.75) is 0 Å². The number of hydrogen-bond acceptors (Lipinski definition) is 6. The van der Waals surface area contributed by atoms with Crippen molar-refractivity contribution < 1.29 is 22.6 Å². The predicted molar refractivity (Wildman–Crippen MR) is 66.1 cm³/mol. The Balaban J connectivity index is 3.04. The summed E-state index contributed by atoms with van der Waals surface area (Å²) in [4.78, 5) is 0. The van der Waals surface area contributed by atoms with Crippen LogP contribution in [0.1, 0.15) is 0 Å². The first-order chi connectivity index (χ1) is 8.06. The normalized spacial score (nSPS) is 11.9. The minimum absolute atomic E-state index is 0.160. The van der Waals surface area contributed by atoms with Gasteiger partial charge in [0.15, 0.2) is 0 Å². The molecule has 0 heterocycles. The Labute approximate surface area is 104 Å². The SMILES string of the molecule is COCCOCCOCCNCCS(C)(=O)=O. The largest absolute Gasteiger partial charge is 0.382 e. The first kappa shape index (κ1) is 16.8. The van der Waals surface area contributed by atoms with Crippen molar-refractivity contribution in [3.8, 4) is 0 Å². The molecule has 1 N–H and O–H groups in total. The van der Waals surface area contributed by atoms with E-state index in [1.54, 1.807) is 7.11 Å². The van der Waals surface area contributed by atoms with Gasteiger partial charge in [-0.2, -0.15) is 0 Å². The summed E-state index contributed by atoms with van der Waals surface area (Å²) in [6, 6.07) is 0. The third kappa shape index (κ3) is 15.8. The second kappa shape index (κ2) is 10.9. The van der Waals surface area contributed by atoms with Gasteiger partial charge in [0.1, 0.15) is 9.84 Å². The predicted octanol–water partition coefficient (Wildman–Crippen LogP) is -0.700. The molecule has 0 rings (SSSR count). The Morgan fingerprint density at radius 3 is 2.12 bits per heavy atom. The van der Waals surface area contributed by atoms with E-state index in [-0.39, 0.29) is 5.75 Å². The van der Waals surface area contributed by atoms with Crippen LogP contribution in [-0.4, -0.2) is 73.7 Å². The van der Waals surface area contributed by atoms with E-state index in [4.69, 9.17) is 14.2 Å². The van der Waals surface area contributed by atoms with Crippen molar-refractivity contribution in [2.24, 2.45) is 0 Å². The average Bonchev–Trinajstić information content (AvgIpc) is 2.24. The standard InChI is InChI=1S/C10H23NO5S/c1-14-6-7-16-9-8-15-5-3-11-4-10-17(2,12)13/h11H,3-10H2,1-2H3. The Bertz CT molecular complexity index is 255. The smallest absolute Gasteiger partial charge is 0.148 e. The van der Waals surface area contributed by atoms with Crippen LogP contribution in [0.15, 0.2) is 0 Å².